The van der Waals surface area contributed by atoms with E-state index in [4.69, 9.17) is 0 Å². The molecule has 0 radical (unpaired) electrons. The SMILES string of the molecule is CN(CC(=O)[O-])C(=O)CCC(=O)[O-].[Na+].[Na+]. The van der Waals surface area contributed by atoms with Crippen molar-refractivity contribution in [2.45, 2.75) is 12.8 Å². The largest absolute Gasteiger partial charge is 1.00 e. The maximum Gasteiger partial charge on any atom is 1.00 e. The van der Waals surface area contributed by atoms with Crippen LogP contribution >= 0.6 is 0 Å². The zero-order valence-electron chi connectivity index (χ0n) is 9.11. The van der Waals surface area contributed by atoms with Crippen LogP contribution in [0.5, 0.6) is 0 Å². The molecule has 15 heavy (non-hydrogen) atoms. The van der Waals surface area contributed by atoms with Crippen LogP contribution in [-0.2, 0) is 14.4 Å². The van der Waals surface area contributed by atoms with E-state index >= 15 is 0 Å². The molecule has 0 unspecified atom stereocenters. The number of carboxylic acid groups (broad SMARTS) is 2. The van der Waals surface area contributed by atoms with Gasteiger partial charge in [0.25, 0.3) is 0 Å². The van der Waals surface area contributed by atoms with E-state index in [0.29, 0.717) is 0 Å². The Labute approximate surface area is 132 Å². The van der Waals surface area contributed by atoms with Crippen LogP contribution in [0.1, 0.15) is 12.8 Å². The van der Waals surface area contributed by atoms with Gasteiger partial charge in [-0.1, -0.05) is 0 Å². The third-order valence-corrected chi connectivity index (χ3v) is 1.34. The molecular weight excluding hydrogens is 224 g/mol. The Balaban J connectivity index is -0.000000720. The molecule has 0 fully saturated rings. The minimum Gasteiger partial charge on any atom is -0.550 e. The van der Waals surface area contributed by atoms with Crippen molar-refractivity contribution in [3.05, 3.63) is 0 Å². The first-order valence-corrected chi connectivity index (χ1v) is 3.57. The van der Waals surface area contributed by atoms with Crippen molar-refractivity contribution in [1.82, 2.24) is 4.90 Å². The standard InChI is InChI=1S/C7H11NO5.2Na/c1-8(4-7(12)13)5(9)2-3-6(10)11;;/h2-4H2,1H3,(H,10,11)(H,12,13);;/q;2*+1/p-2. The zero-order chi connectivity index (χ0) is 10.4. The summed E-state index contributed by atoms with van der Waals surface area (Å²) in [6.45, 7) is -0.536. The van der Waals surface area contributed by atoms with Crippen LogP contribution in [0.3, 0.4) is 0 Å². The molecule has 0 bridgehead atoms. The van der Waals surface area contributed by atoms with Gasteiger partial charge in [0, 0.05) is 19.4 Å². The number of carbonyl (C=O) groups is 3. The van der Waals surface area contributed by atoms with Crippen molar-refractivity contribution in [2.75, 3.05) is 13.6 Å². The fraction of sp³-hybridized carbons (Fsp3) is 0.571. The van der Waals surface area contributed by atoms with Gasteiger partial charge in [-0.3, -0.25) is 4.79 Å². The predicted molar refractivity (Wildman–Crippen MR) is 36.9 cm³/mol. The van der Waals surface area contributed by atoms with E-state index in [2.05, 4.69) is 0 Å². The molecule has 0 aromatic carbocycles. The van der Waals surface area contributed by atoms with Gasteiger partial charge in [-0.2, -0.15) is 0 Å². The number of rotatable bonds is 5. The number of carboxylic acids is 2. The predicted octanol–water partition coefficient (Wildman–Crippen LogP) is -9.27. The molecule has 0 heterocycles. The van der Waals surface area contributed by atoms with Crippen LogP contribution in [-0.4, -0.2) is 36.3 Å². The van der Waals surface area contributed by atoms with Crippen molar-refractivity contribution in [3.8, 4) is 0 Å². The van der Waals surface area contributed by atoms with Crippen LogP contribution < -0.4 is 69.3 Å². The molecule has 6 nitrogen and oxygen atoms in total. The Kier molecular flexibility index (Phi) is 15.1. The first-order valence-electron chi connectivity index (χ1n) is 3.57. The van der Waals surface area contributed by atoms with E-state index < -0.39 is 30.8 Å². The van der Waals surface area contributed by atoms with Crippen LogP contribution in [0, 0.1) is 0 Å². The van der Waals surface area contributed by atoms with Crippen LogP contribution in [0.2, 0.25) is 0 Å². The van der Waals surface area contributed by atoms with Gasteiger partial charge in [-0.05, 0) is 6.42 Å². The van der Waals surface area contributed by atoms with Gasteiger partial charge in [0.15, 0.2) is 0 Å². The molecule has 0 saturated carbocycles. The molecule has 0 aliphatic carbocycles. The number of likely N-dealkylation sites (N-methyl/N-ethyl adjacent to an activating group) is 1. The molecule has 0 aliphatic rings. The topological polar surface area (TPSA) is 101 Å². The molecular formula is C7H9NNa2O5. The zero-order valence-corrected chi connectivity index (χ0v) is 13.1. The summed E-state index contributed by atoms with van der Waals surface area (Å²) < 4.78 is 0. The van der Waals surface area contributed by atoms with E-state index in [1.165, 1.54) is 7.05 Å². The van der Waals surface area contributed by atoms with Crippen LogP contribution in [0.25, 0.3) is 0 Å². The molecule has 0 aromatic rings. The molecule has 0 spiro atoms. The number of hydrogen-bond donors (Lipinski definition) is 0. The Morgan fingerprint density at radius 3 is 1.80 bits per heavy atom. The van der Waals surface area contributed by atoms with Crippen molar-refractivity contribution < 1.29 is 83.7 Å². The molecule has 0 aromatic heterocycles. The Bertz CT molecular complexity index is 233. The van der Waals surface area contributed by atoms with Gasteiger partial charge < -0.3 is 24.7 Å². The molecule has 1 amide bonds. The maximum atomic E-state index is 10.9. The smallest absolute Gasteiger partial charge is 0.550 e. The number of aliphatic carboxylic acids is 2. The Morgan fingerprint density at radius 1 is 1.00 bits per heavy atom. The van der Waals surface area contributed by atoms with E-state index in [9.17, 15) is 24.6 Å². The second kappa shape index (κ2) is 10.9. The summed E-state index contributed by atoms with van der Waals surface area (Å²) in [7, 11) is 1.26. The summed E-state index contributed by atoms with van der Waals surface area (Å²) in [5.41, 5.74) is 0. The van der Waals surface area contributed by atoms with E-state index in [1.807, 2.05) is 0 Å². The number of amides is 1. The summed E-state index contributed by atoms with van der Waals surface area (Å²) in [5.74, 6) is -3.28. The van der Waals surface area contributed by atoms with Gasteiger partial charge in [0.05, 0.1) is 12.5 Å². The van der Waals surface area contributed by atoms with E-state index in [1.54, 1.807) is 0 Å². The summed E-state index contributed by atoms with van der Waals surface area (Å²) in [4.78, 5) is 31.8. The van der Waals surface area contributed by atoms with Crippen molar-refractivity contribution in [2.24, 2.45) is 0 Å². The third kappa shape index (κ3) is 12.3. The number of carbonyl (C=O) groups excluding carboxylic acids is 3. The second-order valence-corrected chi connectivity index (χ2v) is 2.49. The molecule has 0 N–H and O–H groups in total. The van der Waals surface area contributed by atoms with Crippen molar-refractivity contribution in [3.63, 3.8) is 0 Å². The number of nitrogens with zero attached hydrogens (tertiary/aromatic N) is 1. The third-order valence-electron chi connectivity index (χ3n) is 1.34. The Hall–Kier alpha value is 0.410. The molecule has 0 saturated heterocycles. The van der Waals surface area contributed by atoms with Gasteiger partial charge in [-0.15, -0.1) is 0 Å². The van der Waals surface area contributed by atoms with E-state index in [-0.39, 0.29) is 65.5 Å². The first-order chi connectivity index (χ1) is 5.93. The summed E-state index contributed by atoms with van der Waals surface area (Å²) in [6.07, 6.45) is -0.664. The molecule has 0 rings (SSSR count). The second-order valence-electron chi connectivity index (χ2n) is 2.49. The van der Waals surface area contributed by atoms with Crippen LogP contribution in [0.15, 0.2) is 0 Å². The quantitative estimate of drug-likeness (QED) is 0.439. The Morgan fingerprint density at radius 2 is 1.47 bits per heavy atom. The summed E-state index contributed by atoms with van der Waals surface area (Å²) >= 11 is 0. The van der Waals surface area contributed by atoms with Gasteiger partial charge >= 0.3 is 59.1 Å². The van der Waals surface area contributed by atoms with Crippen molar-refractivity contribution >= 4 is 17.8 Å². The monoisotopic (exact) mass is 233 g/mol. The van der Waals surface area contributed by atoms with Gasteiger partial charge in [-0.25, -0.2) is 0 Å². The van der Waals surface area contributed by atoms with Crippen molar-refractivity contribution in [1.29, 1.82) is 0 Å². The fourth-order valence-electron chi connectivity index (χ4n) is 0.682. The summed E-state index contributed by atoms with van der Waals surface area (Å²) in [5, 5.41) is 20.0. The number of hydrogen-bond acceptors (Lipinski definition) is 5. The van der Waals surface area contributed by atoms with Gasteiger partial charge in [0.2, 0.25) is 5.91 Å². The molecule has 8 heteroatoms. The minimum atomic E-state index is -1.38. The van der Waals surface area contributed by atoms with Crippen LogP contribution in [0.4, 0.5) is 0 Å². The first kappa shape index (κ1) is 20.8. The molecule has 0 atom stereocenters. The average molecular weight is 233 g/mol. The maximum absolute atomic E-state index is 10.9. The normalized spacial score (nSPS) is 8.07. The summed E-state index contributed by atoms with van der Waals surface area (Å²) in [6, 6.07) is 0. The van der Waals surface area contributed by atoms with Gasteiger partial charge in [0.1, 0.15) is 0 Å². The minimum absolute atomic E-state index is 0. The molecule has 0 aliphatic heterocycles. The average Bonchev–Trinajstić information content (AvgIpc) is 1.98. The molecule has 74 valence electrons. The fourth-order valence-corrected chi connectivity index (χ4v) is 0.682. The van der Waals surface area contributed by atoms with E-state index in [0.717, 1.165) is 4.90 Å².